The van der Waals surface area contributed by atoms with E-state index >= 15 is 0 Å². The maximum Gasteiger partial charge on any atom is 0.227 e. The molecular weight excluding hydrogens is 336 g/mol. The third-order valence-corrected chi connectivity index (χ3v) is 6.64. The zero-order valence-corrected chi connectivity index (χ0v) is 16.5. The van der Waals surface area contributed by atoms with Crippen LogP contribution in [0.4, 0.5) is 5.69 Å². The number of fused-ring (bicyclic) bond motifs is 2. The second-order valence-electron chi connectivity index (χ2n) is 8.53. The summed E-state index contributed by atoms with van der Waals surface area (Å²) in [7, 11) is 0. The quantitative estimate of drug-likeness (QED) is 0.865. The van der Waals surface area contributed by atoms with Gasteiger partial charge in [-0.15, -0.1) is 0 Å². The van der Waals surface area contributed by atoms with Crippen LogP contribution in [0.1, 0.15) is 48.9 Å². The van der Waals surface area contributed by atoms with Crippen LogP contribution in [0.15, 0.2) is 24.4 Å². The van der Waals surface area contributed by atoms with Crippen molar-refractivity contribution in [1.29, 1.82) is 0 Å². The lowest BCUT2D eigenvalue weighted by atomic mass is 9.65. The van der Waals surface area contributed by atoms with E-state index in [1.807, 2.05) is 11.6 Å². The minimum atomic E-state index is 0.0727. The highest BCUT2D eigenvalue weighted by molar-refractivity contribution is 5.93. The number of hydrogen-bond acceptors (Lipinski definition) is 3. The Balaban J connectivity index is 1.51. The van der Waals surface area contributed by atoms with Crippen LogP contribution in [0.5, 0.6) is 0 Å². The predicted octanol–water partition coefficient (Wildman–Crippen LogP) is 3.89. The molecule has 2 aliphatic rings. The van der Waals surface area contributed by atoms with Gasteiger partial charge in [-0.25, -0.2) is 4.68 Å². The summed E-state index contributed by atoms with van der Waals surface area (Å²) in [5.74, 6) is 1.21. The lowest BCUT2D eigenvalue weighted by Crippen LogP contribution is -2.48. The topological polar surface area (TPSA) is 72.9 Å². The highest BCUT2D eigenvalue weighted by Gasteiger charge is 2.40. The molecule has 4 rings (SSSR count). The minimum Gasteiger partial charge on any atom is -0.327 e. The number of amides is 1. The Morgan fingerprint density at radius 1 is 1.19 bits per heavy atom. The van der Waals surface area contributed by atoms with E-state index in [4.69, 9.17) is 5.73 Å². The number of aryl methyl sites for hydroxylation is 2. The molecule has 2 aromatic rings. The molecule has 0 spiro atoms. The number of rotatable bonds is 3. The Bertz CT molecular complexity index is 842. The van der Waals surface area contributed by atoms with E-state index in [-0.39, 0.29) is 17.9 Å². The van der Waals surface area contributed by atoms with Gasteiger partial charge in [0.2, 0.25) is 5.91 Å². The maximum atomic E-state index is 12.9. The van der Waals surface area contributed by atoms with E-state index in [2.05, 4.69) is 42.5 Å². The highest BCUT2D eigenvalue weighted by Crippen LogP contribution is 2.42. The van der Waals surface area contributed by atoms with Crippen LogP contribution in [0.25, 0.3) is 5.69 Å². The van der Waals surface area contributed by atoms with E-state index in [0.717, 1.165) is 29.9 Å². The number of benzene rings is 1. The summed E-state index contributed by atoms with van der Waals surface area (Å²) < 4.78 is 1.92. The van der Waals surface area contributed by atoms with Gasteiger partial charge < -0.3 is 11.1 Å². The van der Waals surface area contributed by atoms with Crippen LogP contribution in [-0.4, -0.2) is 21.7 Å². The first-order chi connectivity index (χ1) is 12.9. The zero-order chi connectivity index (χ0) is 19.1. The van der Waals surface area contributed by atoms with Crippen molar-refractivity contribution in [2.75, 3.05) is 5.32 Å². The average Bonchev–Trinajstić information content (AvgIpc) is 2.97. The van der Waals surface area contributed by atoms with Gasteiger partial charge in [-0.2, -0.15) is 5.10 Å². The Labute approximate surface area is 161 Å². The minimum absolute atomic E-state index is 0.0727. The van der Waals surface area contributed by atoms with E-state index in [1.54, 1.807) is 6.20 Å². The first-order valence-electron chi connectivity index (χ1n) is 10.1. The number of carbonyl (C=O) groups excluding carboxylic acids is 1. The second kappa shape index (κ2) is 7.12. The Morgan fingerprint density at radius 2 is 1.89 bits per heavy atom. The summed E-state index contributed by atoms with van der Waals surface area (Å²) in [6, 6.07) is 6.63. The van der Waals surface area contributed by atoms with Gasteiger partial charge in [-0.1, -0.05) is 18.6 Å². The standard InChI is InChI=1S/C22H30N4O/c1-13-7-8-14(2)20(9-13)26-15(3)19(12-24-26)25-22(27)18-10-16-5-4-6-17(11-18)21(16)23/h7-9,12,16-18,21H,4-6,10-11,23H2,1-3H3,(H,25,27). The molecular formula is C22H30N4O. The molecule has 144 valence electrons. The molecule has 5 heteroatoms. The molecule has 5 nitrogen and oxygen atoms in total. The first kappa shape index (κ1) is 18.2. The molecule has 2 unspecified atom stereocenters. The summed E-state index contributed by atoms with van der Waals surface area (Å²) in [6.07, 6.45) is 7.22. The third-order valence-electron chi connectivity index (χ3n) is 6.64. The van der Waals surface area contributed by atoms with Gasteiger partial charge in [0.1, 0.15) is 0 Å². The molecule has 1 heterocycles. The van der Waals surface area contributed by atoms with Crippen LogP contribution >= 0.6 is 0 Å². The van der Waals surface area contributed by atoms with Crippen molar-refractivity contribution >= 4 is 11.6 Å². The molecule has 1 amide bonds. The van der Waals surface area contributed by atoms with E-state index < -0.39 is 0 Å². The van der Waals surface area contributed by atoms with Crippen molar-refractivity contribution in [3.63, 3.8) is 0 Å². The summed E-state index contributed by atoms with van der Waals surface area (Å²) >= 11 is 0. The Morgan fingerprint density at radius 3 is 2.59 bits per heavy atom. The van der Waals surface area contributed by atoms with E-state index in [9.17, 15) is 4.79 Å². The molecule has 2 aliphatic carbocycles. The van der Waals surface area contributed by atoms with Crippen molar-refractivity contribution in [3.05, 3.63) is 41.2 Å². The van der Waals surface area contributed by atoms with Gasteiger partial charge in [0, 0.05) is 12.0 Å². The van der Waals surface area contributed by atoms with Crippen molar-refractivity contribution < 1.29 is 4.79 Å². The summed E-state index contributed by atoms with van der Waals surface area (Å²) in [5, 5.41) is 7.68. The molecule has 2 atom stereocenters. The number of hydrogen-bond donors (Lipinski definition) is 2. The number of nitrogens with zero attached hydrogens (tertiary/aromatic N) is 2. The van der Waals surface area contributed by atoms with Crippen LogP contribution in [-0.2, 0) is 4.79 Å². The summed E-state index contributed by atoms with van der Waals surface area (Å²) in [5.41, 5.74) is 11.6. The van der Waals surface area contributed by atoms with E-state index in [0.29, 0.717) is 11.8 Å². The Kier molecular flexibility index (Phi) is 4.81. The molecule has 0 saturated heterocycles. The third kappa shape index (κ3) is 3.41. The molecule has 3 N–H and O–H groups in total. The van der Waals surface area contributed by atoms with Crippen LogP contribution in [0.2, 0.25) is 0 Å². The average molecular weight is 367 g/mol. The van der Waals surface area contributed by atoms with Crippen molar-refractivity contribution in [1.82, 2.24) is 9.78 Å². The van der Waals surface area contributed by atoms with Gasteiger partial charge in [0.25, 0.3) is 0 Å². The van der Waals surface area contributed by atoms with Crippen LogP contribution in [0.3, 0.4) is 0 Å². The second-order valence-corrected chi connectivity index (χ2v) is 8.53. The molecule has 1 aromatic carbocycles. The van der Waals surface area contributed by atoms with Gasteiger partial charge in [-0.3, -0.25) is 4.79 Å². The van der Waals surface area contributed by atoms with Gasteiger partial charge in [0.05, 0.1) is 23.3 Å². The first-order valence-corrected chi connectivity index (χ1v) is 10.1. The number of nitrogens with one attached hydrogen (secondary N) is 1. The lowest BCUT2D eigenvalue weighted by Gasteiger charge is -2.43. The molecule has 2 fully saturated rings. The lowest BCUT2D eigenvalue weighted by molar-refractivity contribution is -0.122. The summed E-state index contributed by atoms with van der Waals surface area (Å²) in [6.45, 7) is 6.17. The van der Waals surface area contributed by atoms with Crippen LogP contribution in [0, 0.1) is 38.5 Å². The normalized spacial score (nSPS) is 27.4. The number of anilines is 1. The maximum absolute atomic E-state index is 12.9. The molecule has 2 bridgehead atoms. The summed E-state index contributed by atoms with van der Waals surface area (Å²) in [4.78, 5) is 12.9. The number of aromatic nitrogens is 2. The molecule has 0 radical (unpaired) electrons. The zero-order valence-electron chi connectivity index (χ0n) is 16.5. The van der Waals surface area contributed by atoms with Gasteiger partial charge in [-0.05, 0) is 75.5 Å². The molecule has 27 heavy (non-hydrogen) atoms. The number of nitrogens with two attached hydrogens (primary N) is 1. The van der Waals surface area contributed by atoms with Gasteiger partial charge in [0.15, 0.2) is 0 Å². The Hall–Kier alpha value is -2.14. The number of carbonyl (C=O) groups is 1. The monoisotopic (exact) mass is 366 g/mol. The fourth-order valence-corrected chi connectivity index (χ4v) is 4.96. The fourth-order valence-electron chi connectivity index (χ4n) is 4.96. The predicted molar refractivity (Wildman–Crippen MR) is 108 cm³/mol. The van der Waals surface area contributed by atoms with Crippen LogP contribution < -0.4 is 11.1 Å². The van der Waals surface area contributed by atoms with Crippen molar-refractivity contribution in [2.24, 2.45) is 23.5 Å². The fraction of sp³-hybridized carbons (Fsp3) is 0.545. The van der Waals surface area contributed by atoms with E-state index in [1.165, 1.54) is 30.4 Å². The highest BCUT2D eigenvalue weighted by atomic mass is 16.1. The van der Waals surface area contributed by atoms with Crippen molar-refractivity contribution in [3.8, 4) is 5.69 Å². The van der Waals surface area contributed by atoms with Crippen molar-refractivity contribution in [2.45, 2.75) is 58.9 Å². The smallest absolute Gasteiger partial charge is 0.227 e. The SMILES string of the molecule is Cc1ccc(C)c(-n2ncc(NC(=O)C3CC4CCCC(C3)C4N)c2C)c1. The molecule has 1 aromatic heterocycles. The van der Waals surface area contributed by atoms with Gasteiger partial charge >= 0.3 is 0 Å². The largest absolute Gasteiger partial charge is 0.327 e. The molecule has 0 aliphatic heterocycles. The molecule has 2 saturated carbocycles.